The van der Waals surface area contributed by atoms with Crippen LogP contribution in [0.1, 0.15) is 66.2 Å². The van der Waals surface area contributed by atoms with Gasteiger partial charge in [-0.05, 0) is 66.2 Å². The normalized spacial score (nSPS) is 26.8. The van der Waals surface area contributed by atoms with Crippen molar-refractivity contribution in [1.29, 1.82) is 0 Å². The standard InChI is InChI=1S/C20H30N2O4/c1-11-12(2)18(24)16(13(3)17(11)23)9-10-20(4,26)19(25)22-15-7-5-14(21)6-8-15/h14-15,26H,5-10,21H2,1-4H3,(H,22,25)/t14-,15-,20-/m0/s1. The molecule has 1 saturated carbocycles. The Labute approximate surface area is 154 Å². The second-order valence-corrected chi connectivity index (χ2v) is 7.87. The zero-order chi connectivity index (χ0) is 19.6. The molecule has 6 heteroatoms. The summed E-state index contributed by atoms with van der Waals surface area (Å²) in [7, 11) is 0. The topological polar surface area (TPSA) is 109 Å². The van der Waals surface area contributed by atoms with Crippen LogP contribution < -0.4 is 11.1 Å². The predicted molar refractivity (Wildman–Crippen MR) is 99.3 cm³/mol. The smallest absolute Gasteiger partial charge is 0.251 e. The first kappa shape index (κ1) is 20.5. The average Bonchev–Trinajstić information content (AvgIpc) is 2.60. The van der Waals surface area contributed by atoms with E-state index in [0.29, 0.717) is 22.3 Å². The lowest BCUT2D eigenvalue weighted by molar-refractivity contribution is -0.139. The molecule has 0 aliphatic heterocycles. The van der Waals surface area contributed by atoms with Crippen LogP contribution in [0, 0.1) is 0 Å². The zero-order valence-electron chi connectivity index (χ0n) is 16.1. The second-order valence-electron chi connectivity index (χ2n) is 7.87. The van der Waals surface area contributed by atoms with Crippen molar-refractivity contribution < 1.29 is 19.5 Å². The Hall–Kier alpha value is -1.79. The van der Waals surface area contributed by atoms with Crippen molar-refractivity contribution in [2.24, 2.45) is 5.73 Å². The van der Waals surface area contributed by atoms with Gasteiger partial charge in [0.2, 0.25) is 0 Å². The molecule has 0 radical (unpaired) electrons. The summed E-state index contributed by atoms with van der Waals surface area (Å²) in [6.45, 7) is 6.37. The molecular formula is C20H30N2O4. The van der Waals surface area contributed by atoms with E-state index in [2.05, 4.69) is 5.32 Å². The maximum atomic E-state index is 12.5. The number of hydrogen-bond donors (Lipinski definition) is 3. The number of amides is 1. The Balaban J connectivity index is 2.00. The molecule has 6 nitrogen and oxygen atoms in total. The maximum absolute atomic E-state index is 12.5. The summed E-state index contributed by atoms with van der Waals surface area (Å²) in [6, 6.07) is 0.216. The first-order valence-corrected chi connectivity index (χ1v) is 9.30. The molecule has 0 unspecified atom stereocenters. The number of nitrogens with one attached hydrogen (secondary N) is 1. The van der Waals surface area contributed by atoms with Crippen molar-refractivity contribution in [2.75, 3.05) is 0 Å². The molecule has 2 aliphatic rings. The van der Waals surface area contributed by atoms with Crippen molar-refractivity contribution in [3.05, 3.63) is 22.3 Å². The molecule has 144 valence electrons. The van der Waals surface area contributed by atoms with Crippen LogP contribution in [0.25, 0.3) is 0 Å². The number of nitrogens with two attached hydrogens (primary N) is 1. The van der Waals surface area contributed by atoms with Crippen LogP contribution in [0.15, 0.2) is 22.3 Å². The number of rotatable bonds is 5. The van der Waals surface area contributed by atoms with Crippen LogP contribution in [0.2, 0.25) is 0 Å². The van der Waals surface area contributed by atoms with E-state index in [1.165, 1.54) is 6.92 Å². The minimum absolute atomic E-state index is 0.0282. The number of ketones is 2. The summed E-state index contributed by atoms with van der Waals surface area (Å²) in [5.41, 5.74) is 6.00. The highest BCUT2D eigenvalue weighted by molar-refractivity contribution is 6.24. The molecule has 0 aromatic heterocycles. The Kier molecular flexibility index (Phi) is 6.19. The lowest BCUT2D eigenvalue weighted by Gasteiger charge is -2.30. The van der Waals surface area contributed by atoms with E-state index in [1.807, 2.05) is 0 Å². The molecule has 26 heavy (non-hydrogen) atoms. The second kappa shape index (κ2) is 7.84. The monoisotopic (exact) mass is 362 g/mol. The summed E-state index contributed by atoms with van der Waals surface area (Å²) in [6.07, 6.45) is 3.62. The summed E-state index contributed by atoms with van der Waals surface area (Å²) in [4.78, 5) is 37.1. The van der Waals surface area contributed by atoms with Gasteiger partial charge in [-0.1, -0.05) is 0 Å². The van der Waals surface area contributed by atoms with Gasteiger partial charge in [0, 0.05) is 34.4 Å². The quantitative estimate of drug-likeness (QED) is 0.645. The van der Waals surface area contributed by atoms with Crippen LogP contribution in [-0.2, 0) is 14.4 Å². The van der Waals surface area contributed by atoms with Crippen molar-refractivity contribution in [3.63, 3.8) is 0 Å². The first-order chi connectivity index (χ1) is 12.0. The molecule has 0 heterocycles. The summed E-state index contributed by atoms with van der Waals surface area (Å²) >= 11 is 0. The maximum Gasteiger partial charge on any atom is 0.251 e. The number of hydrogen-bond acceptors (Lipinski definition) is 5. The minimum atomic E-state index is -1.60. The van der Waals surface area contributed by atoms with Gasteiger partial charge in [0.15, 0.2) is 11.6 Å². The van der Waals surface area contributed by atoms with Gasteiger partial charge in [0.25, 0.3) is 5.91 Å². The van der Waals surface area contributed by atoms with Crippen molar-refractivity contribution in [2.45, 2.75) is 83.9 Å². The highest BCUT2D eigenvalue weighted by Gasteiger charge is 2.35. The number of carbonyl (C=O) groups is 3. The Morgan fingerprint density at radius 2 is 1.62 bits per heavy atom. The average molecular weight is 362 g/mol. The van der Waals surface area contributed by atoms with E-state index in [1.54, 1.807) is 20.8 Å². The van der Waals surface area contributed by atoms with Crippen LogP contribution >= 0.6 is 0 Å². The van der Waals surface area contributed by atoms with E-state index in [0.717, 1.165) is 25.7 Å². The van der Waals surface area contributed by atoms with E-state index in [9.17, 15) is 19.5 Å². The van der Waals surface area contributed by atoms with E-state index in [4.69, 9.17) is 5.73 Å². The SMILES string of the molecule is CC1=C(C)C(=O)C(CC[C@](C)(O)C(=O)N[C@H]2CC[C@H](N)CC2)=C(C)C1=O. The molecule has 1 atom stereocenters. The molecule has 0 bridgehead atoms. The molecule has 1 fully saturated rings. The highest BCUT2D eigenvalue weighted by Crippen LogP contribution is 2.29. The van der Waals surface area contributed by atoms with Crippen LogP contribution in [0.3, 0.4) is 0 Å². The Morgan fingerprint density at radius 1 is 1.08 bits per heavy atom. The van der Waals surface area contributed by atoms with E-state index in [-0.39, 0.29) is 36.5 Å². The Bertz CT molecular complexity index is 680. The number of carbonyl (C=O) groups excluding carboxylic acids is 3. The molecule has 2 rings (SSSR count). The largest absolute Gasteiger partial charge is 0.380 e. The number of aliphatic hydroxyl groups is 1. The molecule has 0 aromatic rings. The minimum Gasteiger partial charge on any atom is -0.380 e. The molecule has 2 aliphatic carbocycles. The van der Waals surface area contributed by atoms with Crippen LogP contribution in [-0.4, -0.2) is 40.3 Å². The molecular weight excluding hydrogens is 332 g/mol. The van der Waals surface area contributed by atoms with Gasteiger partial charge in [0.05, 0.1) is 0 Å². The fourth-order valence-corrected chi connectivity index (χ4v) is 3.54. The fraction of sp³-hybridized carbons (Fsp3) is 0.650. The number of allylic oxidation sites excluding steroid dienone is 4. The number of Topliss-reactive ketones (excluding diaryl/α,β-unsaturated/α-hetero) is 2. The van der Waals surface area contributed by atoms with Gasteiger partial charge in [-0.2, -0.15) is 0 Å². The third-order valence-electron chi connectivity index (χ3n) is 5.77. The summed E-state index contributed by atoms with van der Waals surface area (Å²) in [5, 5.41) is 13.5. The van der Waals surface area contributed by atoms with Gasteiger partial charge in [0.1, 0.15) is 5.60 Å². The van der Waals surface area contributed by atoms with Crippen LogP contribution in [0.5, 0.6) is 0 Å². The third-order valence-corrected chi connectivity index (χ3v) is 5.77. The van der Waals surface area contributed by atoms with Crippen molar-refractivity contribution >= 4 is 17.5 Å². The lowest BCUT2D eigenvalue weighted by Crippen LogP contribution is -2.50. The van der Waals surface area contributed by atoms with Crippen LogP contribution in [0.4, 0.5) is 0 Å². The van der Waals surface area contributed by atoms with Crippen molar-refractivity contribution in [1.82, 2.24) is 5.32 Å². The fourth-order valence-electron chi connectivity index (χ4n) is 3.54. The summed E-state index contributed by atoms with van der Waals surface area (Å²) in [5.74, 6) is -0.744. The highest BCUT2D eigenvalue weighted by atomic mass is 16.3. The van der Waals surface area contributed by atoms with Gasteiger partial charge in [-0.25, -0.2) is 0 Å². The van der Waals surface area contributed by atoms with Gasteiger partial charge in [-0.3, -0.25) is 14.4 Å². The van der Waals surface area contributed by atoms with E-state index >= 15 is 0 Å². The molecule has 4 N–H and O–H groups in total. The van der Waals surface area contributed by atoms with Gasteiger partial charge >= 0.3 is 0 Å². The van der Waals surface area contributed by atoms with Crippen molar-refractivity contribution in [3.8, 4) is 0 Å². The van der Waals surface area contributed by atoms with Gasteiger partial charge < -0.3 is 16.2 Å². The predicted octanol–water partition coefficient (Wildman–Crippen LogP) is 1.71. The molecule has 1 amide bonds. The lowest BCUT2D eigenvalue weighted by atomic mass is 9.82. The Morgan fingerprint density at radius 3 is 2.19 bits per heavy atom. The first-order valence-electron chi connectivity index (χ1n) is 9.30. The zero-order valence-corrected chi connectivity index (χ0v) is 16.1. The van der Waals surface area contributed by atoms with E-state index < -0.39 is 11.5 Å². The molecule has 0 saturated heterocycles. The third kappa shape index (κ3) is 4.30. The molecule has 0 spiro atoms. The summed E-state index contributed by atoms with van der Waals surface area (Å²) < 4.78 is 0. The molecule has 0 aromatic carbocycles. The van der Waals surface area contributed by atoms with Gasteiger partial charge in [-0.15, -0.1) is 0 Å².